The number of rotatable bonds is 4. The first-order chi connectivity index (χ1) is 10.7. The Morgan fingerprint density at radius 2 is 1.86 bits per heavy atom. The van der Waals surface area contributed by atoms with Gasteiger partial charge in [0.2, 0.25) is 0 Å². The summed E-state index contributed by atoms with van der Waals surface area (Å²) in [4.78, 5) is 17.9. The minimum atomic E-state index is 0.327. The molecule has 4 nitrogen and oxygen atoms in total. The van der Waals surface area contributed by atoms with Crippen LogP contribution in [-0.2, 0) is 12.8 Å². The molecule has 22 heavy (non-hydrogen) atoms. The van der Waals surface area contributed by atoms with Gasteiger partial charge in [0, 0.05) is 24.5 Å². The number of hydrogen-bond acceptors (Lipinski definition) is 4. The van der Waals surface area contributed by atoms with Gasteiger partial charge in [-0.05, 0) is 37.5 Å². The van der Waals surface area contributed by atoms with E-state index in [1.54, 1.807) is 0 Å². The number of hydrogen-bond donors (Lipinski definition) is 0. The molecule has 0 aliphatic rings. The van der Waals surface area contributed by atoms with Gasteiger partial charge in [-0.3, -0.25) is 15.0 Å². The number of benzene rings is 1. The first-order valence-electron chi connectivity index (χ1n) is 7.69. The van der Waals surface area contributed by atoms with Crippen molar-refractivity contribution < 1.29 is 0 Å². The van der Waals surface area contributed by atoms with Gasteiger partial charge in [0.15, 0.2) is 0 Å². The van der Waals surface area contributed by atoms with E-state index < -0.39 is 0 Å². The van der Waals surface area contributed by atoms with Crippen LogP contribution in [-0.4, -0.2) is 19.9 Å². The molecule has 1 aromatic carbocycles. The Kier molecular flexibility index (Phi) is 4.09. The lowest BCUT2D eigenvalue weighted by Gasteiger charge is -2.11. The highest BCUT2D eigenvalue weighted by atomic mass is 14.8. The minimum absolute atomic E-state index is 0.327. The number of aryl methyl sites for hydroxylation is 2. The molecule has 0 N–H and O–H groups in total. The van der Waals surface area contributed by atoms with E-state index in [4.69, 9.17) is 0 Å². The van der Waals surface area contributed by atoms with Crippen LogP contribution in [0.2, 0.25) is 0 Å². The number of fused-ring (bicyclic) bond motifs is 1. The molecule has 0 amide bonds. The van der Waals surface area contributed by atoms with Crippen molar-refractivity contribution in [2.24, 2.45) is 0 Å². The van der Waals surface area contributed by atoms with E-state index in [0.717, 1.165) is 41.0 Å². The fourth-order valence-electron chi connectivity index (χ4n) is 2.51. The maximum absolute atomic E-state index is 4.66. The smallest absolute Gasteiger partial charge is 0.0892 e. The molecule has 0 aliphatic carbocycles. The summed E-state index contributed by atoms with van der Waals surface area (Å²) in [5, 5.41) is 0. The largest absolute Gasteiger partial charge is 0.258 e. The molecular formula is C18H20N4. The van der Waals surface area contributed by atoms with Crippen LogP contribution in [0, 0.1) is 6.92 Å². The van der Waals surface area contributed by atoms with Gasteiger partial charge in [0.05, 0.1) is 28.1 Å². The Hall–Kier alpha value is -2.36. The van der Waals surface area contributed by atoms with Crippen molar-refractivity contribution in [1.29, 1.82) is 0 Å². The van der Waals surface area contributed by atoms with Crippen molar-refractivity contribution >= 4 is 11.0 Å². The van der Waals surface area contributed by atoms with Crippen molar-refractivity contribution in [1.82, 2.24) is 19.9 Å². The Morgan fingerprint density at radius 3 is 2.59 bits per heavy atom. The third-order valence-corrected chi connectivity index (χ3v) is 3.87. The Morgan fingerprint density at radius 1 is 1.00 bits per heavy atom. The third-order valence-electron chi connectivity index (χ3n) is 3.87. The molecule has 0 aliphatic heterocycles. The lowest BCUT2D eigenvalue weighted by molar-refractivity contribution is 0.723. The predicted octanol–water partition coefficient (Wildman–Crippen LogP) is 3.64. The maximum Gasteiger partial charge on any atom is 0.0892 e. The van der Waals surface area contributed by atoms with Crippen molar-refractivity contribution in [3.05, 3.63) is 59.4 Å². The van der Waals surface area contributed by atoms with Gasteiger partial charge in [-0.25, -0.2) is 4.98 Å². The van der Waals surface area contributed by atoms with Gasteiger partial charge in [0.25, 0.3) is 0 Å². The van der Waals surface area contributed by atoms with E-state index in [9.17, 15) is 0 Å². The topological polar surface area (TPSA) is 51.6 Å². The van der Waals surface area contributed by atoms with Crippen molar-refractivity contribution in [3.63, 3.8) is 0 Å². The predicted molar refractivity (Wildman–Crippen MR) is 87.8 cm³/mol. The van der Waals surface area contributed by atoms with Crippen LogP contribution in [0.4, 0.5) is 0 Å². The average molecular weight is 292 g/mol. The molecule has 0 spiro atoms. The molecule has 3 rings (SSSR count). The van der Waals surface area contributed by atoms with Gasteiger partial charge in [-0.2, -0.15) is 0 Å². The summed E-state index contributed by atoms with van der Waals surface area (Å²) in [6, 6.07) is 6.31. The van der Waals surface area contributed by atoms with Crippen LogP contribution in [0.1, 0.15) is 42.4 Å². The van der Waals surface area contributed by atoms with E-state index in [2.05, 4.69) is 45.9 Å². The lowest BCUT2D eigenvalue weighted by atomic mass is 9.98. The lowest BCUT2D eigenvalue weighted by Crippen LogP contribution is -2.03. The zero-order valence-electron chi connectivity index (χ0n) is 13.2. The van der Waals surface area contributed by atoms with Gasteiger partial charge in [-0.1, -0.05) is 19.9 Å². The van der Waals surface area contributed by atoms with Gasteiger partial charge >= 0.3 is 0 Å². The van der Waals surface area contributed by atoms with E-state index >= 15 is 0 Å². The van der Waals surface area contributed by atoms with Crippen LogP contribution in [0.25, 0.3) is 11.0 Å². The molecular weight excluding hydrogens is 272 g/mol. The van der Waals surface area contributed by atoms with Crippen LogP contribution >= 0.6 is 0 Å². The third kappa shape index (κ3) is 3.11. The van der Waals surface area contributed by atoms with Crippen LogP contribution in [0.5, 0.6) is 0 Å². The normalized spacial score (nSPS) is 12.5. The summed E-state index contributed by atoms with van der Waals surface area (Å²) in [6.45, 7) is 6.23. The van der Waals surface area contributed by atoms with Crippen LogP contribution < -0.4 is 0 Å². The van der Waals surface area contributed by atoms with E-state index in [1.807, 2.05) is 31.6 Å². The SMILES string of the molecule is CCc1cnc2ccc(CC(C)c3cnc(C)cn3)cc2n1. The second kappa shape index (κ2) is 6.18. The molecule has 0 saturated carbocycles. The minimum Gasteiger partial charge on any atom is -0.258 e. The fourth-order valence-corrected chi connectivity index (χ4v) is 2.51. The summed E-state index contributed by atoms with van der Waals surface area (Å²) in [7, 11) is 0. The quantitative estimate of drug-likeness (QED) is 0.736. The Bertz CT molecular complexity index is 781. The van der Waals surface area contributed by atoms with Crippen LogP contribution in [0.3, 0.4) is 0 Å². The molecule has 0 saturated heterocycles. The highest BCUT2D eigenvalue weighted by Crippen LogP contribution is 2.20. The van der Waals surface area contributed by atoms with E-state index in [0.29, 0.717) is 5.92 Å². The van der Waals surface area contributed by atoms with Crippen molar-refractivity contribution in [3.8, 4) is 0 Å². The van der Waals surface area contributed by atoms with E-state index in [-0.39, 0.29) is 0 Å². The standard InChI is InChI=1S/C18H20N4/c1-4-15-10-21-16-6-5-14(8-17(16)22-15)7-12(2)18-11-19-13(3)9-20-18/h5-6,8-12H,4,7H2,1-3H3. The number of nitrogens with zero attached hydrogens (tertiary/aromatic N) is 4. The van der Waals surface area contributed by atoms with Gasteiger partial charge in [0.1, 0.15) is 0 Å². The van der Waals surface area contributed by atoms with Crippen LogP contribution in [0.15, 0.2) is 36.8 Å². The van der Waals surface area contributed by atoms with Gasteiger partial charge < -0.3 is 0 Å². The molecule has 2 heterocycles. The molecule has 3 aromatic rings. The summed E-state index contributed by atoms with van der Waals surface area (Å²) >= 11 is 0. The fraction of sp³-hybridized carbons (Fsp3) is 0.333. The summed E-state index contributed by atoms with van der Waals surface area (Å²) in [5.74, 6) is 0.327. The first kappa shape index (κ1) is 14.6. The zero-order chi connectivity index (χ0) is 15.5. The molecule has 0 radical (unpaired) electrons. The zero-order valence-corrected chi connectivity index (χ0v) is 13.2. The highest BCUT2D eigenvalue weighted by Gasteiger charge is 2.10. The summed E-state index contributed by atoms with van der Waals surface area (Å²) < 4.78 is 0. The second-order valence-electron chi connectivity index (χ2n) is 5.73. The Balaban J connectivity index is 1.85. The molecule has 0 bridgehead atoms. The van der Waals surface area contributed by atoms with E-state index in [1.165, 1.54) is 5.56 Å². The molecule has 2 aromatic heterocycles. The highest BCUT2D eigenvalue weighted by molar-refractivity contribution is 5.74. The van der Waals surface area contributed by atoms with Crippen molar-refractivity contribution in [2.75, 3.05) is 0 Å². The molecule has 4 heteroatoms. The Labute approximate surface area is 130 Å². The van der Waals surface area contributed by atoms with Gasteiger partial charge in [-0.15, -0.1) is 0 Å². The maximum atomic E-state index is 4.66. The van der Waals surface area contributed by atoms with Crippen molar-refractivity contribution in [2.45, 2.75) is 39.5 Å². The average Bonchev–Trinajstić information content (AvgIpc) is 2.54. The summed E-state index contributed by atoms with van der Waals surface area (Å²) in [6.07, 6.45) is 7.38. The number of aromatic nitrogens is 4. The summed E-state index contributed by atoms with van der Waals surface area (Å²) in [5.41, 5.74) is 6.18. The monoisotopic (exact) mass is 292 g/mol. The molecule has 1 atom stereocenters. The molecule has 0 fully saturated rings. The first-order valence-corrected chi connectivity index (χ1v) is 7.69. The molecule has 112 valence electrons. The second-order valence-corrected chi connectivity index (χ2v) is 5.73. The molecule has 1 unspecified atom stereocenters.